The quantitative estimate of drug-likeness (QED) is 0.508. The number of aromatic nitrogens is 1. The molecule has 3 aromatic rings. The number of sulfonamides is 1. The fraction of sp³-hybridized carbons (Fsp3) is 0.357. The molecule has 0 unspecified atom stereocenters. The Morgan fingerprint density at radius 1 is 1.19 bits per heavy atom. The Morgan fingerprint density at radius 2 is 1.92 bits per heavy atom. The number of nitriles is 1. The van der Waals surface area contributed by atoms with E-state index < -0.39 is 16.1 Å². The van der Waals surface area contributed by atoms with Gasteiger partial charge >= 0.3 is 0 Å². The van der Waals surface area contributed by atoms with Crippen molar-refractivity contribution in [1.29, 1.82) is 5.26 Å². The van der Waals surface area contributed by atoms with E-state index in [1.807, 2.05) is 44.3 Å². The Hall–Kier alpha value is -3.29. The van der Waals surface area contributed by atoms with E-state index in [0.717, 1.165) is 16.8 Å². The van der Waals surface area contributed by atoms with Crippen LogP contribution in [0.5, 0.6) is 5.75 Å². The average Bonchev–Trinajstić information content (AvgIpc) is 2.90. The van der Waals surface area contributed by atoms with Gasteiger partial charge in [0.2, 0.25) is 10.0 Å². The summed E-state index contributed by atoms with van der Waals surface area (Å²) in [5.41, 5.74) is 3.12. The maximum Gasteiger partial charge on any atom is 0.247 e. The molecular weight excluding hydrogens is 488 g/mol. The predicted octanol–water partition coefficient (Wildman–Crippen LogP) is 3.52. The summed E-state index contributed by atoms with van der Waals surface area (Å²) in [5, 5.41) is 19.0. The zero-order valence-corrected chi connectivity index (χ0v) is 22.1. The molecular formula is C28H32N4O4S. The maximum atomic E-state index is 13.7. The number of fused-ring (bicyclic) bond motifs is 1. The second-order valence-corrected chi connectivity index (χ2v) is 11.5. The van der Waals surface area contributed by atoms with Crippen molar-refractivity contribution in [2.24, 2.45) is 5.92 Å². The van der Waals surface area contributed by atoms with Crippen LogP contribution in [0.4, 0.5) is 0 Å². The first-order valence-electron chi connectivity index (χ1n) is 12.3. The van der Waals surface area contributed by atoms with Gasteiger partial charge in [-0.15, -0.1) is 0 Å². The van der Waals surface area contributed by atoms with Crippen molar-refractivity contribution in [3.05, 3.63) is 78.1 Å². The molecule has 9 heteroatoms. The average molecular weight is 521 g/mol. The van der Waals surface area contributed by atoms with Gasteiger partial charge in [-0.3, -0.25) is 9.88 Å². The van der Waals surface area contributed by atoms with Crippen LogP contribution in [0.15, 0.2) is 71.8 Å². The number of hydrogen-bond acceptors (Lipinski definition) is 7. The van der Waals surface area contributed by atoms with Crippen molar-refractivity contribution in [1.82, 2.24) is 14.2 Å². The molecule has 194 valence electrons. The molecule has 0 fully saturated rings. The van der Waals surface area contributed by atoms with Crippen LogP contribution in [-0.2, 0) is 16.6 Å². The molecule has 0 spiro atoms. The molecule has 0 amide bonds. The maximum absolute atomic E-state index is 13.7. The second-order valence-electron chi connectivity index (χ2n) is 9.61. The van der Waals surface area contributed by atoms with Crippen molar-refractivity contribution in [2.45, 2.75) is 37.4 Å². The monoisotopic (exact) mass is 520 g/mol. The number of nitrogens with zero attached hydrogens (tertiary/aromatic N) is 4. The minimum absolute atomic E-state index is 0.0782. The minimum Gasteiger partial charge on any atom is -0.487 e. The SMILES string of the molecule is C[C@@H]1CN([C@@H](C)CO)S(=O)(=O)c2ccc(-c3ccc(C#N)cc3)cc2O[C@H]1CN(C)Cc1ccccn1. The van der Waals surface area contributed by atoms with Crippen molar-refractivity contribution in [2.75, 3.05) is 26.7 Å². The lowest BCUT2D eigenvalue weighted by Gasteiger charge is -2.37. The molecule has 4 rings (SSSR count). The Bertz CT molecular complexity index is 1360. The predicted molar refractivity (Wildman–Crippen MR) is 141 cm³/mol. The van der Waals surface area contributed by atoms with E-state index in [0.29, 0.717) is 18.7 Å². The highest BCUT2D eigenvalue weighted by Gasteiger charge is 2.38. The summed E-state index contributed by atoms with van der Waals surface area (Å²) in [6, 6.07) is 19.5. The van der Waals surface area contributed by atoms with Crippen LogP contribution >= 0.6 is 0 Å². The molecule has 1 aliphatic rings. The number of aliphatic hydroxyl groups excluding tert-OH is 1. The van der Waals surface area contributed by atoms with Gasteiger partial charge in [-0.2, -0.15) is 9.57 Å². The first kappa shape index (κ1) is 26.8. The molecule has 8 nitrogen and oxygen atoms in total. The van der Waals surface area contributed by atoms with Crippen molar-refractivity contribution in [3.63, 3.8) is 0 Å². The third-order valence-corrected chi connectivity index (χ3v) is 8.68. The van der Waals surface area contributed by atoms with Crippen LogP contribution in [0.3, 0.4) is 0 Å². The van der Waals surface area contributed by atoms with Gasteiger partial charge in [0.05, 0.1) is 23.9 Å². The van der Waals surface area contributed by atoms with Crippen LogP contribution in [0.25, 0.3) is 11.1 Å². The highest BCUT2D eigenvalue weighted by atomic mass is 32.2. The Morgan fingerprint density at radius 3 is 2.57 bits per heavy atom. The number of aliphatic hydroxyl groups is 1. The topological polar surface area (TPSA) is 107 Å². The third kappa shape index (κ3) is 6.00. The Balaban J connectivity index is 1.72. The molecule has 0 bridgehead atoms. The molecule has 2 aromatic carbocycles. The van der Waals surface area contributed by atoms with Gasteiger partial charge in [-0.25, -0.2) is 8.42 Å². The normalized spacial score (nSPS) is 20.2. The van der Waals surface area contributed by atoms with Gasteiger partial charge in [0.1, 0.15) is 16.7 Å². The molecule has 1 aromatic heterocycles. The highest BCUT2D eigenvalue weighted by Crippen LogP contribution is 2.36. The lowest BCUT2D eigenvalue weighted by Crippen LogP contribution is -2.49. The summed E-state index contributed by atoms with van der Waals surface area (Å²) in [4.78, 5) is 6.60. The summed E-state index contributed by atoms with van der Waals surface area (Å²) >= 11 is 0. The van der Waals surface area contributed by atoms with Crippen LogP contribution in [0.2, 0.25) is 0 Å². The summed E-state index contributed by atoms with van der Waals surface area (Å²) in [7, 11) is -1.93. The molecule has 37 heavy (non-hydrogen) atoms. The summed E-state index contributed by atoms with van der Waals surface area (Å²) in [6.07, 6.45) is 1.45. The molecule has 1 N–H and O–H groups in total. The first-order valence-corrected chi connectivity index (χ1v) is 13.7. The van der Waals surface area contributed by atoms with Gasteiger partial charge in [0, 0.05) is 37.8 Å². The largest absolute Gasteiger partial charge is 0.487 e. The van der Waals surface area contributed by atoms with Crippen molar-refractivity contribution < 1.29 is 18.3 Å². The number of ether oxygens (including phenoxy) is 1. The van der Waals surface area contributed by atoms with E-state index in [1.54, 1.807) is 43.5 Å². The van der Waals surface area contributed by atoms with E-state index in [-0.39, 0.29) is 35.8 Å². The standard InChI is InChI=1S/C28H32N4O4S/c1-20-16-32(21(2)19-33)37(34,35)28-12-11-24(23-9-7-22(15-29)8-10-23)14-26(28)36-27(20)18-31(3)17-25-6-4-5-13-30-25/h4-14,20-21,27,33H,16-19H2,1-3H3/t20-,21+,27+/m1/s1. The van der Waals surface area contributed by atoms with Gasteiger partial charge < -0.3 is 9.84 Å². The zero-order chi connectivity index (χ0) is 26.6. The second kappa shape index (κ2) is 11.4. The van der Waals surface area contributed by atoms with E-state index in [2.05, 4.69) is 16.0 Å². The Labute approximate surface area is 218 Å². The molecule has 1 aliphatic heterocycles. The highest BCUT2D eigenvalue weighted by molar-refractivity contribution is 7.89. The van der Waals surface area contributed by atoms with E-state index >= 15 is 0 Å². The van der Waals surface area contributed by atoms with E-state index in [1.165, 1.54) is 4.31 Å². The third-order valence-electron chi connectivity index (χ3n) is 6.66. The van der Waals surface area contributed by atoms with Gasteiger partial charge in [0.15, 0.2) is 0 Å². The van der Waals surface area contributed by atoms with Crippen molar-refractivity contribution in [3.8, 4) is 22.9 Å². The molecule has 0 saturated heterocycles. The molecule has 0 saturated carbocycles. The number of benzene rings is 2. The zero-order valence-electron chi connectivity index (χ0n) is 21.3. The fourth-order valence-electron chi connectivity index (χ4n) is 4.50. The van der Waals surface area contributed by atoms with Gasteiger partial charge in [0.25, 0.3) is 0 Å². The fourth-order valence-corrected chi connectivity index (χ4v) is 6.33. The lowest BCUT2D eigenvalue weighted by molar-refractivity contribution is 0.0731. The van der Waals surface area contributed by atoms with Crippen LogP contribution in [-0.4, -0.2) is 66.6 Å². The Kier molecular flexibility index (Phi) is 8.25. The number of likely N-dealkylation sites (N-methyl/N-ethyl adjacent to an activating group) is 1. The van der Waals surface area contributed by atoms with Gasteiger partial charge in [-0.1, -0.05) is 31.2 Å². The lowest BCUT2D eigenvalue weighted by atomic mass is 10.0. The summed E-state index contributed by atoms with van der Waals surface area (Å²) in [6.45, 7) is 4.81. The minimum atomic E-state index is -3.92. The number of rotatable bonds is 7. The summed E-state index contributed by atoms with van der Waals surface area (Å²) in [5.74, 6) is 0.126. The van der Waals surface area contributed by atoms with E-state index in [4.69, 9.17) is 10.00 Å². The molecule has 2 heterocycles. The molecule has 0 radical (unpaired) electrons. The van der Waals surface area contributed by atoms with Crippen molar-refractivity contribution >= 4 is 10.0 Å². The van der Waals surface area contributed by atoms with Crippen LogP contribution in [0, 0.1) is 17.2 Å². The summed E-state index contributed by atoms with van der Waals surface area (Å²) < 4.78 is 35.3. The first-order chi connectivity index (χ1) is 17.7. The number of hydrogen-bond donors (Lipinski definition) is 1. The molecule has 0 aliphatic carbocycles. The van der Waals surface area contributed by atoms with Gasteiger partial charge in [-0.05, 0) is 61.5 Å². The van der Waals surface area contributed by atoms with Crippen LogP contribution < -0.4 is 4.74 Å². The van der Waals surface area contributed by atoms with E-state index in [9.17, 15) is 13.5 Å². The smallest absolute Gasteiger partial charge is 0.247 e. The number of pyridine rings is 1. The molecule has 3 atom stereocenters. The van der Waals surface area contributed by atoms with Crippen LogP contribution in [0.1, 0.15) is 25.1 Å².